The Bertz CT molecular complexity index is 729. The number of likely N-dealkylation sites (tertiary alicyclic amines) is 1. The second-order valence-corrected chi connectivity index (χ2v) is 10.5. The molecule has 38 heavy (non-hydrogen) atoms. The number of carbonyl (C=O) groups is 1. The number of pyridine rings is 1. The summed E-state index contributed by atoms with van der Waals surface area (Å²) in [6.07, 6.45) is 23.9. The molecule has 218 valence electrons. The predicted molar refractivity (Wildman–Crippen MR) is 159 cm³/mol. The summed E-state index contributed by atoms with van der Waals surface area (Å²) in [6.45, 7) is 5.21. The lowest BCUT2D eigenvalue weighted by Crippen LogP contribution is -2.40. The van der Waals surface area contributed by atoms with E-state index in [9.17, 15) is 4.79 Å². The van der Waals surface area contributed by atoms with Crippen molar-refractivity contribution < 1.29 is 14.4 Å². The monoisotopic (exact) mass is 552 g/mol. The van der Waals surface area contributed by atoms with E-state index in [1.165, 1.54) is 89.9 Å². The summed E-state index contributed by atoms with van der Waals surface area (Å²) >= 11 is 0. The molecule has 1 atom stereocenters. The van der Waals surface area contributed by atoms with Gasteiger partial charge in [0.2, 0.25) is 0 Å². The number of hydrogen-bond acceptors (Lipinski definition) is 6. The summed E-state index contributed by atoms with van der Waals surface area (Å²) < 4.78 is 5.82. The van der Waals surface area contributed by atoms with Gasteiger partial charge in [-0.05, 0) is 44.5 Å². The Balaban J connectivity index is 0.00000722. The van der Waals surface area contributed by atoms with Crippen LogP contribution in [0.1, 0.15) is 122 Å². The first-order valence-electron chi connectivity index (χ1n) is 15.0. The first kappa shape index (κ1) is 34.2. The number of halogens is 1. The van der Waals surface area contributed by atoms with Gasteiger partial charge in [0.15, 0.2) is 18.5 Å². The van der Waals surface area contributed by atoms with Crippen molar-refractivity contribution in [3.8, 4) is 0 Å². The predicted octanol–water partition coefficient (Wildman–Crippen LogP) is 7.02. The molecular formula is C30H53ClN4O3. The number of oxime groups is 1. The van der Waals surface area contributed by atoms with Crippen molar-refractivity contribution in [1.29, 1.82) is 0 Å². The highest BCUT2D eigenvalue weighted by Gasteiger charge is 2.21. The smallest absolute Gasteiger partial charge is 0.306 e. The van der Waals surface area contributed by atoms with Crippen molar-refractivity contribution in [3.05, 3.63) is 30.1 Å². The largest absolute Gasteiger partial charge is 0.457 e. The maximum atomic E-state index is 12.5. The van der Waals surface area contributed by atoms with Crippen molar-refractivity contribution in [2.45, 2.75) is 122 Å². The summed E-state index contributed by atoms with van der Waals surface area (Å²) in [6, 6.07) is 3.63. The van der Waals surface area contributed by atoms with E-state index >= 15 is 0 Å². The van der Waals surface area contributed by atoms with Gasteiger partial charge in [0, 0.05) is 30.9 Å². The molecule has 0 saturated carbocycles. The Morgan fingerprint density at radius 1 is 0.974 bits per heavy atom. The molecule has 2 heterocycles. The van der Waals surface area contributed by atoms with Gasteiger partial charge in [-0.25, -0.2) is 0 Å². The molecule has 0 aromatic carbocycles. The van der Waals surface area contributed by atoms with Crippen LogP contribution in [0.2, 0.25) is 0 Å². The number of nitrogens with zero attached hydrogens (tertiary/aromatic N) is 3. The lowest BCUT2D eigenvalue weighted by molar-refractivity contribution is -0.153. The van der Waals surface area contributed by atoms with E-state index < -0.39 is 0 Å². The van der Waals surface area contributed by atoms with E-state index in [1.807, 2.05) is 6.07 Å². The zero-order valence-corrected chi connectivity index (χ0v) is 24.6. The Labute approximate surface area is 237 Å². The molecule has 0 amide bonds. The van der Waals surface area contributed by atoms with Crippen LogP contribution in [-0.4, -0.2) is 54.0 Å². The minimum absolute atomic E-state index is 0. The van der Waals surface area contributed by atoms with Crippen LogP contribution in [0.25, 0.3) is 0 Å². The van der Waals surface area contributed by atoms with Crippen molar-refractivity contribution in [1.82, 2.24) is 9.88 Å². The van der Waals surface area contributed by atoms with Crippen LogP contribution in [-0.2, 0) is 14.4 Å². The molecule has 1 aromatic rings. The number of ether oxygens (including phenoxy) is 1. The first-order valence-corrected chi connectivity index (χ1v) is 15.0. The number of nitrogens with two attached hydrogens (primary N) is 1. The van der Waals surface area contributed by atoms with Crippen molar-refractivity contribution in [3.63, 3.8) is 0 Å². The number of hydrogen-bond donors (Lipinski definition) is 1. The molecule has 2 N–H and O–H groups in total. The lowest BCUT2D eigenvalue weighted by atomic mass is 10.0. The zero-order valence-electron chi connectivity index (χ0n) is 23.8. The van der Waals surface area contributed by atoms with Crippen molar-refractivity contribution in [2.75, 3.05) is 26.2 Å². The van der Waals surface area contributed by atoms with Crippen LogP contribution in [0.3, 0.4) is 0 Å². The third-order valence-corrected chi connectivity index (χ3v) is 7.07. The molecule has 0 spiro atoms. The first-order chi connectivity index (χ1) is 18.2. The van der Waals surface area contributed by atoms with Crippen LogP contribution < -0.4 is 5.73 Å². The third-order valence-electron chi connectivity index (χ3n) is 7.07. The molecule has 1 saturated heterocycles. The van der Waals surface area contributed by atoms with Crippen LogP contribution >= 0.6 is 12.4 Å². The second kappa shape index (κ2) is 23.1. The van der Waals surface area contributed by atoms with Gasteiger partial charge in [-0.15, -0.1) is 12.4 Å². The second-order valence-electron chi connectivity index (χ2n) is 10.5. The van der Waals surface area contributed by atoms with E-state index in [0.29, 0.717) is 18.5 Å². The maximum absolute atomic E-state index is 12.5. The minimum Gasteiger partial charge on any atom is -0.457 e. The summed E-state index contributed by atoms with van der Waals surface area (Å²) in [7, 11) is 0. The Kier molecular flexibility index (Phi) is 20.7. The average Bonchev–Trinajstić information content (AvgIpc) is 2.92. The fourth-order valence-electron chi connectivity index (χ4n) is 4.84. The normalized spacial score (nSPS) is 15.0. The zero-order chi connectivity index (χ0) is 26.4. The van der Waals surface area contributed by atoms with Crippen LogP contribution in [0.15, 0.2) is 29.7 Å². The molecule has 2 rings (SSSR count). The molecule has 1 aliphatic heterocycles. The highest BCUT2D eigenvalue weighted by Crippen LogP contribution is 2.14. The minimum atomic E-state index is -0.349. The molecule has 0 radical (unpaired) electrons. The number of unbranched alkanes of at least 4 members (excludes halogenated alkanes) is 12. The number of esters is 1. The van der Waals surface area contributed by atoms with Crippen molar-refractivity contribution >= 4 is 24.2 Å². The van der Waals surface area contributed by atoms with Gasteiger partial charge in [0.1, 0.15) is 0 Å². The quantitative estimate of drug-likeness (QED) is 0.0579. The summed E-state index contributed by atoms with van der Waals surface area (Å²) in [5.74, 6) is 0.126. The third kappa shape index (κ3) is 16.9. The van der Waals surface area contributed by atoms with Gasteiger partial charge in [0.25, 0.3) is 0 Å². The number of carbonyl (C=O) groups excluding carboxylic acids is 1. The average molecular weight is 553 g/mol. The molecule has 1 aromatic heterocycles. The molecule has 7 nitrogen and oxygen atoms in total. The molecule has 8 heteroatoms. The highest BCUT2D eigenvalue weighted by atomic mass is 35.5. The van der Waals surface area contributed by atoms with Gasteiger partial charge in [-0.2, -0.15) is 0 Å². The Morgan fingerprint density at radius 2 is 1.58 bits per heavy atom. The van der Waals surface area contributed by atoms with E-state index in [2.05, 4.69) is 22.0 Å². The summed E-state index contributed by atoms with van der Waals surface area (Å²) in [5.41, 5.74) is 6.70. The molecule has 1 unspecified atom stereocenters. The Hall–Kier alpha value is -1.86. The fraction of sp³-hybridized carbons (Fsp3) is 0.767. The molecular weight excluding hydrogens is 500 g/mol. The maximum Gasteiger partial charge on any atom is 0.306 e. The number of piperidine rings is 1. The number of aromatic nitrogens is 1. The van der Waals surface area contributed by atoms with Gasteiger partial charge >= 0.3 is 5.97 Å². The van der Waals surface area contributed by atoms with Crippen LogP contribution in [0.5, 0.6) is 0 Å². The van der Waals surface area contributed by atoms with E-state index in [-0.39, 0.29) is 36.9 Å². The van der Waals surface area contributed by atoms with Gasteiger partial charge in [0.05, 0.1) is 0 Å². The summed E-state index contributed by atoms with van der Waals surface area (Å²) in [5, 5.41) is 4.02. The molecule has 0 aliphatic carbocycles. The lowest BCUT2D eigenvalue weighted by Gasteiger charge is -2.29. The van der Waals surface area contributed by atoms with E-state index in [1.54, 1.807) is 18.5 Å². The van der Waals surface area contributed by atoms with E-state index in [0.717, 1.165) is 25.9 Å². The number of amidine groups is 1. The standard InChI is InChI=1S/C30H52N4O3.ClH/c1-2-3-4-5-6-7-8-9-10-11-12-13-15-20-29(35)37-28(25-34-22-16-14-17-23-34)26-36-33-30(31)27-19-18-21-32-24-27;/h18-19,21,24,28H,2-17,20,22-23,25-26H2,1H3,(H2,31,33);1H. The molecule has 0 bridgehead atoms. The van der Waals surface area contributed by atoms with E-state index in [4.69, 9.17) is 15.3 Å². The Morgan fingerprint density at radius 3 is 2.16 bits per heavy atom. The van der Waals surface area contributed by atoms with Crippen LogP contribution in [0.4, 0.5) is 0 Å². The number of rotatable bonds is 21. The molecule has 1 fully saturated rings. The van der Waals surface area contributed by atoms with Gasteiger partial charge in [-0.3, -0.25) is 14.7 Å². The van der Waals surface area contributed by atoms with Crippen LogP contribution in [0, 0.1) is 0 Å². The fourth-order valence-corrected chi connectivity index (χ4v) is 4.84. The van der Waals surface area contributed by atoms with Gasteiger partial charge < -0.3 is 15.3 Å². The topological polar surface area (TPSA) is 90.0 Å². The van der Waals surface area contributed by atoms with Crippen molar-refractivity contribution in [2.24, 2.45) is 10.9 Å². The highest BCUT2D eigenvalue weighted by molar-refractivity contribution is 5.96. The summed E-state index contributed by atoms with van der Waals surface area (Å²) in [4.78, 5) is 24.5. The molecule has 1 aliphatic rings. The SMILES string of the molecule is CCCCCCCCCCCCCCCC(=O)OC(CO/N=C(/N)c1cccnc1)CN1CCCCC1.Cl. The van der Waals surface area contributed by atoms with Gasteiger partial charge in [-0.1, -0.05) is 95.6 Å².